The van der Waals surface area contributed by atoms with E-state index in [1.165, 1.54) is 0 Å². The molecule has 1 amide bonds. The first kappa shape index (κ1) is 20.7. The Morgan fingerprint density at radius 3 is 2.39 bits per heavy atom. The van der Waals surface area contributed by atoms with E-state index in [4.69, 9.17) is 18.7 Å². The molecule has 4 rings (SSSR count). The summed E-state index contributed by atoms with van der Waals surface area (Å²) in [6, 6.07) is 9.64. The van der Waals surface area contributed by atoms with Crippen molar-refractivity contribution in [1.29, 1.82) is 0 Å². The number of hydrogen-bond donors (Lipinski definition) is 0. The molecule has 2 aromatic carbocycles. The lowest BCUT2D eigenvalue weighted by Gasteiger charge is -2.20. The van der Waals surface area contributed by atoms with Crippen LogP contribution in [0.2, 0.25) is 0 Å². The van der Waals surface area contributed by atoms with Gasteiger partial charge in [-0.15, -0.1) is 0 Å². The van der Waals surface area contributed by atoms with Crippen LogP contribution in [0.1, 0.15) is 29.4 Å². The zero-order valence-corrected chi connectivity index (χ0v) is 18.3. The molecule has 2 heterocycles. The standard InChI is InChI=1S/C23H25N3O5/c1-13-6-7-14(2)17(8-13)22-24-23(31-25-22)15-9-20(27)26(12-15)16-10-18(28-3)21(30-5)19(11-16)29-4/h6-8,10-11,15H,9,12H2,1-5H3. The van der Waals surface area contributed by atoms with Crippen LogP contribution in [0.3, 0.4) is 0 Å². The summed E-state index contributed by atoms with van der Waals surface area (Å²) in [6.45, 7) is 4.46. The highest BCUT2D eigenvalue weighted by Gasteiger charge is 2.36. The molecule has 0 aliphatic carbocycles. The van der Waals surface area contributed by atoms with E-state index >= 15 is 0 Å². The second-order valence-electron chi connectivity index (χ2n) is 7.56. The topological polar surface area (TPSA) is 86.9 Å². The summed E-state index contributed by atoms with van der Waals surface area (Å²) >= 11 is 0. The fraction of sp³-hybridized carbons (Fsp3) is 0.348. The number of aromatic nitrogens is 2. The van der Waals surface area contributed by atoms with Gasteiger partial charge in [0.1, 0.15) is 0 Å². The fourth-order valence-electron chi connectivity index (χ4n) is 3.83. The maximum Gasteiger partial charge on any atom is 0.232 e. The van der Waals surface area contributed by atoms with E-state index in [9.17, 15) is 4.79 Å². The molecular weight excluding hydrogens is 398 g/mol. The molecule has 0 spiro atoms. The molecule has 0 saturated carbocycles. The lowest BCUT2D eigenvalue weighted by molar-refractivity contribution is -0.117. The van der Waals surface area contributed by atoms with Crippen molar-refractivity contribution in [2.45, 2.75) is 26.2 Å². The van der Waals surface area contributed by atoms with Crippen molar-refractivity contribution in [1.82, 2.24) is 10.1 Å². The molecule has 3 aromatic rings. The Morgan fingerprint density at radius 1 is 1.03 bits per heavy atom. The van der Waals surface area contributed by atoms with Gasteiger partial charge in [0.2, 0.25) is 23.4 Å². The third-order valence-corrected chi connectivity index (χ3v) is 5.51. The van der Waals surface area contributed by atoms with E-state index in [2.05, 4.69) is 10.1 Å². The molecule has 8 nitrogen and oxygen atoms in total. The van der Waals surface area contributed by atoms with Crippen LogP contribution in [0.25, 0.3) is 11.4 Å². The third-order valence-electron chi connectivity index (χ3n) is 5.51. The number of ether oxygens (including phenoxy) is 3. The van der Waals surface area contributed by atoms with Gasteiger partial charge in [0.05, 0.1) is 32.9 Å². The van der Waals surface area contributed by atoms with E-state index in [1.807, 2.05) is 32.0 Å². The minimum absolute atomic E-state index is 0.0363. The predicted molar refractivity (Wildman–Crippen MR) is 115 cm³/mol. The van der Waals surface area contributed by atoms with E-state index in [0.717, 1.165) is 16.7 Å². The number of benzene rings is 2. The largest absolute Gasteiger partial charge is 0.493 e. The Hall–Kier alpha value is -3.55. The lowest BCUT2D eigenvalue weighted by Crippen LogP contribution is -2.24. The summed E-state index contributed by atoms with van der Waals surface area (Å²) in [7, 11) is 4.63. The van der Waals surface area contributed by atoms with Gasteiger partial charge in [0.25, 0.3) is 0 Å². The third kappa shape index (κ3) is 3.81. The minimum Gasteiger partial charge on any atom is -0.493 e. The number of amides is 1. The highest BCUT2D eigenvalue weighted by atomic mass is 16.5. The summed E-state index contributed by atoms with van der Waals surface area (Å²) in [5.41, 5.74) is 3.79. The van der Waals surface area contributed by atoms with Crippen LogP contribution in [0.4, 0.5) is 5.69 Å². The first-order valence-corrected chi connectivity index (χ1v) is 9.96. The summed E-state index contributed by atoms with van der Waals surface area (Å²) in [5, 5.41) is 4.16. The van der Waals surface area contributed by atoms with Crippen molar-refractivity contribution in [3.63, 3.8) is 0 Å². The molecule has 1 atom stereocenters. The van der Waals surface area contributed by atoms with Crippen molar-refractivity contribution in [2.75, 3.05) is 32.8 Å². The van der Waals surface area contributed by atoms with Gasteiger partial charge in [0.15, 0.2) is 11.5 Å². The number of carbonyl (C=O) groups excluding carboxylic acids is 1. The van der Waals surface area contributed by atoms with Crippen molar-refractivity contribution >= 4 is 11.6 Å². The summed E-state index contributed by atoms with van der Waals surface area (Å²) in [4.78, 5) is 19.1. The monoisotopic (exact) mass is 423 g/mol. The Labute approximate surface area is 180 Å². The van der Waals surface area contributed by atoms with Crippen LogP contribution in [0.5, 0.6) is 17.2 Å². The SMILES string of the molecule is COc1cc(N2CC(c3nc(-c4cc(C)ccc4C)no3)CC2=O)cc(OC)c1OC. The molecule has 0 bridgehead atoms. The normalized spacial score (nSPS) is 16.0. The molecular formula is C23H25N3O5. The summed E-state index contributed by atoms with van der Waals surface area (Å²) < 4.78 is 21.7. The first-order chi connectivity index (χ1) is 14.9. The van der Waals surface area contributed by atoms with E-state index < -0.39 is 0 Å². The van der Waals surface area contributed by atoms with Gasteiger partial charge in [0, 0.05) is 30.7 Å². The molecule has 1 aromatic heterocycles. The summed E-state index contributed by atoms with van der Waals surface area (Å²) in [5.74, 6) is 2.22. The van der Waals surface area contributed by atoms with Crippen LogP contribution in [0.15, 0.2) is 34.9 Å². The Balaban J connectivity index is 1.61. The van der Waals surface area contributed by atoms with Gasteiger partial charge in [-0.2, -0.15) is 4.98 Å². The quantitative estimate of drug-likeness (QED) is 0.594. The van der Waals surface area contributed by atoms with Gasteiger partial charge in [-0.25, -0.2) is 0 Å². The first-order valence-electron chi connectivity index (χ1n) is 9.96. The van der Waals surface area contributed by atoms with Gasteiger partial charge >= 0.3 is 0 Å². The van der Waals surface area contributed by atoms with Crippen LogP contribution in [0, 0.1) is 13.8 Å². The van der Waals surface area contributed by atoms with Crippen LogP contribution in [-0.4, -0.2) is 43.9 Å². The molecule has 162 valence electrons. The maximum atomic E-state index is 12.8. The second-order valence-corrected chi connectivity index (χ2v) is 7.56. The van der Waals surface area contributed by atoms with Crippen LogP contribution < -0.4 is 19.1 Å². The number of anilines is 1. The Bertz CT molecular complexity index is 1100. The predicted octanol–water partition coefficient (Wildman–Crippen LogP) is 3.90. The second kappa shape index (κ2) is 8.29. The Morgan fingerprint density at radius 2 is 1.74 bits per heavy atom. The number of hydrogen-bond acceptors (Lipinski definition) is 7. The average molecular weight is 423 g/mol. The molecule has 8 heteroatoms. The molecule has 1 fully saturated rings. The van der Waals surface area contributed by atoms with Gasteiger partial charge < -0.3 is 23.6 Å². The molecule has 1 unspecified atom stereocenters. The number of carbonyl (C=O) groups is 1. The van der Waals surface area contributed by atoms with Gasteiger partial charge in [-0.05, 0) is 25.5 Å². The van der Waals surface area contributed by atoms with E-state index in [1.54, 1.807) is 38.4 Å². The van der Waals surface area contributed by atoms with E-state index in [-0.39, 0.29) is 18.2 Å². The zero-order valence-electron chi connectivity index (χ0n) is 18.3. The molecule has 1 aliphatic rings. The molecule has 1 aliphatic heterocycles. The lowest BCUT2D eigenvalue weighted by atomic mass is 10.1. The van der Waals surface area contributed by atoms with Crippen molar-refractivity contribution < 1.29 is 23.5 Å². The number of rotatable bonds is 6. The van der Waals surface area contributed by atoms with Crippen LogP contribution >= 0.6 is 0 Å². The zero-order chi connectivity index (χ0) is 22.1. The van der Waals surface area contributed by atoms with Crippen molar-refractivity contribution in [3.8, 4) is 28.6 Å². The number of nitrogens with zero attached hydrogens (tertiary/aromatic N) is 3. The smallest absolute Gasteiger partial charge is 0.232 e. The van der Waals surface area contributed by atoms with Crippen LogP contribution in [-0.2, 0) is 4.79 Å². The molecule has 31 heavy (non-hydrogen) atoms. The highest BCUT2D eigenvalue weighted by molar-refractivity contribution is 5.97. The fourth-order valence-corrected chi connectivity index (χ4v) is 3.83. The molecule has 0 radical (unpaired) electrons. The number of methoxy groups -OCH3 is 3. The minimum atomic E-state index is -0.196. The molecule has 0 N–H and O–H groups in total. The van der Waals surface area contributed by atoms with Crippen molar-refractivity contribution in [3.05, 3.63) is 47.3 Å². The van der Waals surface area contributed by atoms with Gasteiger partial charge in [-0.1, -0.05) is 22.9 Å². The summed E-state index contributed by atoms with van der Waals surface area (Å²) in [6.07, 6.45) is 0.283. The Kier molecular flexibility index (Phi) is 5.54. The van der Waals surface area contributed by atoms with Gasteiger partial charge in [-0.3, -0.25) is 4.79 Å². The maximum absolute atomic E-state index is 12.8. The number of aryl methyl sites for hydroxylation is 2. The highest BCUT2D eigenvalue weighted by Crippen LogP contribution is 2.43. The van der Waals surface area contributed by atoms with E-state index in [0.29, 0.717) is 41.2 Å². The van der Waals surface area contributed by atoms with Crippen molar-refractivity contribution in [2.24, 2.45) is 0 Å². The average Bonchev–Trinajstić information content (AvgIpc) is 3.41. The molecule has 1 saturated heterocycles.